The maximum Gasteiger partial charge on any atom is 0.135 e. The lowest BCUT2D eigenvalue weighted by Crippen LogP contribution is -2.36. The monoisotopic (exact) mass is 361 g/mol. The maximum atomic E-state index is 5.41. The molecule has 0 atom stereocenters. The largest absolute Gasteiger partial charge is 0.378 e. The van der Waals surface area contributed by atoms with E-state index in [0.29, 0.717) is 0 Å². The van der Waals surface area contributed by atoms with E-state index in [2.05, 4.69) is 61.9 Å². The Labute approximate surface area is 159 Å². The van der Waals surface area contributed by atoms with Crippen LogP contribution in [-0.4, -0.2) is 36.3 Å². The molecule has 1 aromatic heterocycles. The molecular weight excluding hydrogens is 338 g/mol. The summed E-state index contributed by atoms with van der Waals surface area (Å²) in [6, 6.07) is 20.6. The van der Waals surface area contributed by atoms with Gasteiger partial charge < -0.3 is 20.3 Å². The molecule has 2 heterocycles. The number of morpholine rings is 1. The Morgan fingerprint density at radius 2 is 1.63 bits per heavy atom. The Hall–Kier alpha value is -3.12. The second-order valence-electron chi connectivity index (χ2n) is 6.40. The third kappa shape index (κ3) is 4.74. The van der Waals surface area contributed by atoms with Crippen LogP contribution >= 0.6 is 0 Å². The molecule has 0 unspecified atom stereocenters. The summed E-state index contributed by atoms with van der Waals surface area (Å²) in [5.74, 6) is 1.56. The number of hydrogen-bond acceptors (Lipinski definition) is 6. The van der Waals surface area contributed by atoms with Crippen LogP contribution in [-0.2, 0) is 11.3 Å². The molecule has 0 amide bonds. The maximum absolute atomic E-state index is 5.41. The summed E-state index contributed by atoms with van der Waals surface area (Å²) >= 11 is 0. The van der Waals surface area contributed by atoms with Gasteiger partial charge in [-0.2, -0.15) is 0 Å². The van der Waals surface area contributed by atoms with E-state index >= 15 is 0 Å². The van der Waals surface area contributed by atoms with Gasteiger partial charge in [0.1, 0.15) is 18.0 Å². The quantitative estimate of drug-likeness (QED) is 0.699. The van der Waals surface area contributed by atoms with Crippen LogP contribution in [0.15, 0.2) is 67.0 Å². The van der Waals surface area contributed by atoms with Crippen LogP contribution in [0, 0.1) is 0 Å². The van der Waals surface area contributed by atoms with Gasteiger partial charge in [0.05, 0.1) is 13.2 Å². The van der Waals surface area contributed by atoms with E-state index in [4.69, 9.17) is 4.74 Å². The molecular formula is C21H23N5O. The number of aromatic nitrogens is 2. The molecule has 3 aromatic rings. The third-order valence-corrected chi connectivity index (χ3v) is 4.50. The fourth-order valence-corrected chi connectivity index (χ4v) is 3.04. The molecule has 2 N–H and O–H groups in total. The fourth-order valence-electron chi connectivity index (χ4n) is 3.04. The Bertz CT molecular complexity index is 848. The number of rotatable bonds is 6. The topological polar surface area (TPSA) is 62.3 Å². The van der Waals surface area contributed by atoms with Gasteiger partial charge in [-0.3, -0.25) is 0 Å². The average Bonchev–Trinajstić information content (AvgIpc) is 2.75. The van der Waals surface area contributed by atoms with Crippen molar-refractivity contribution < 1.29 is 4.74 Å². The first kappa shape index (κ1) is 17.3. The van der Waals surface area contributed by atoms with Gasteiger partial charge in [0.25, 0.3) is 0 Å². The van der Waals surface area contributed by atoms with Crippen molar-refractivity contribution in [2.45, 2.75) is 6.54 Å². The predicted octanol–water partition coefficient (Wildman–Crippen LogP) is 3.67. The molecule has 1 aliphatic rings. The molecule has 2 aromatic carbocycles. The van der Waals surface area contributed by atoms with Crippen LogP contribution in [0.1, 0.15) is 5.56 Å². The van der Waals surface area contributed by atoms with Gasteiger partial charge in [0.2, 0.25) is 0 Å². The molecule has 0 aliphatic carbocycles. The standard InChI is InChI=1S/C21H23N5O/c1-2-4-17(5-3-1)15-22-20-14-21(24-16-23-20)25-18-6-8-19(9-7-18)26-10-12-27-13-11-26/h1-9,14,16H,10-13,15H2,(H2,22,23,24,25). The number of ether oxygens (including phenoxy) is 1. The second kappa shape index (κ2) is 8.51. The van der Waals surface area contributed by atoms with Gasteiger partial charge in [-0.1, -0.05) is 30.3 Å². The van der Waals surface area contributed by atoms with Gasteiger partial charge in [0, 0.05) is 37.1 Å². The zero-order valence-electron chi connectivity index (χ0n) is 15.1. The van der Waals surface area contributed by atoms with Gasteiger partial charge >= 0.3 is 0 Å². The van der Waals surface area contributed by atoms with Crippen molar-refractivity contribution in [2.24, 2.45) is 0 Å². The number of benzene rings is 2. The van der Waals surface area contributed by atoms with Crippen LogP contribution in [0.3, 0.4) is 0 Å². The lowest BCUT2D eigenvalue weighted by molar-refractivity contribution is 0.122. The molecule has 6 nitrogen and oxygen atoms in total. The number of nitrogens with one attached hydrogen (secondary N) is 2. The van der Waals surface area contributed by atoms with Crippen LogP contribution in [0.4, 0.5) is 23.0 Å². The highest BCUT2D eigenvalue weighted by Gasteiger charge is 2.10. The van der Waals surface area contributed by atoms with Crippen molar-refractivity contribution in [2.75, 3.05) is 41.8 Å². The number of anilines is 4. The molecule has 1 fully saturated rings. The normalized spacial score (nSPS) is 14.0. The molecule has 138 valence electrons. The molecule has 1 saturated heterocycles. The molecule has 1 aliphatic heterocycles. The Morgan fingerprint density at radius 3 is 2.41 bits per heavy atom. The highest BCUT2D eigenvalue weighted by Crippen LogP contribution is 2.22. The zero-order valence-corrected chi connectivity index (χ0v) is 15.1. The van der Waals surface area contributed by atoms with Crippen molar-refractivity contribution in [1.29, 1.82) is 0 Å². The summed E-state index contributed by atoms with van der Waals surface area (Å²) in [6.07, 6.45) is 1.57. The molecule has 27 heavy (non-hydrogen) atoms. The summed E-state index contributed by atoms with van der Waals surface area (Å²) in [5, 5.41) is 6.67. The first-order chi connectivity index (χ1) is 13.4. The van der Waals surface area contributed by atoms with E-state index in [9.17, 15) is 0 Å². The molecule has 0 radical (unpaired) electrons. The van der Waals surface area contributed by atoms with Crippen molar-refractivity contribution in [3.8, 4) is 0 Å². The minimum atomic E-state index is 0.728. The van der Waals surface area contributed by atoms with Gasteiger partial charge in [-0.25, -0.2) is 9.97 Å². The summed E-state index contributed by atoms with van der Waals surface area (Å²) in [7, 11) is 0. The van der Waals surface area contributed by atoms with E-state index in [1.54, 1.807) is 6.33 Å². The molecule has 6 heteroatoms. The zero-order chi connectivity index (χ0) is 18.3. The number of hydrogen-bond donors (Lipinski definition) is 2. The first-order valence-electron chi connectivity index (χ1n) is 9.16. The Kier molecular flexibility index (Phi) is 5.45. The van der Waals surface area contributed by atoms with Crippen LogP contribution in [0.2, 0.25) is 0 Å². The average molecular weight is 361 g/mol. The molecule has 0 spiro atoms. The van der Waals surface area contributed by atoms with Gasteiger partial charge in [-0.05, 0) is 29.8 Å². The van der Waals surface area contributed by atoms with Gasteiger partial charge in [0.15, 0.2) is 0 Å². The highest BCUT2D eigenvalue weighted by atomic mass is 16.5. The second-order valence-corrected chi connectivity index (χ2v) is 6.40. The van der Waals surface area contributed by atoms with E-state index in [1.807, 2.05) is 24.3 Å². The van der Waals surface area contributed by atoms with Gasteiger partial charge in [-0.15, -0.1) is 0 Å². The van der Waals surface area contributed by atoms with Crippen molar-refractivity contribution in [1.82, 2.24) is 9.97 Å². The van der Waals surface area contributed by atoms with Crippen molar-refractivity contribution >= 4 is 23.0 Å². The summed E-state index contributed by atoms with van der Waals surface area (Å²) in [5.41, 5.74) is 3.43. The van der Waals surface area contributed by atoms with E-state index in [0.717, 1.165) is 50.2 Å². The fraction of sp³-hybridized carbons (Fsp3) is 0.238. The summed E-state index contributed by atoms with van der Waals surface area (Å²) < 4.78 is 5.41. The minimum Gasteiger partial charge on any atom is -0.378 e. The van der Waals surface area contributed by atoms with E-state index < -0.39 is 0 Å². The van der Waals surface area contributed by atoms with E-state index in [-0.39, 0.29) is 0 Å². The lowest BCUT2D eigenvalue weighted by Gasteiger charge is -2.28. The Morgan fingerprint density at radius 1 is 0.889 bits per heavy atom. The first-order valence-corrected chi connectivity index (χ1v) is 9.16. The SMILES string of the molecule is c1ccc(CNc2cc(Nc3ccc(N4CCOCC4)cc3)ncn2)cc1. The minimum absolute atomic E-state index is 0.728. The summed E-state index contributed by atoms with van der Waals surface area (Å²) in [6.45, 7) is 4.19. The lowest BCUT2D eigenvalue weighted by atomic mass is 10.2. The predicted molar refractivity (Wildman–Crippen MR) is 109 cm³/mol. The molecule has 0 saturated carbocycles. The van der Waals surface area contributed by atoms with Crippen molar-refractivity contribution in [3.05, 3.63) is 72.6 Å². The third-order valence-electron chi connectivity index (χ3n) is 4.50. The van der Waals surface area contributed by atoms with Crippen LogP contribution in [0.25, 0.3) is 0 Å². The molecule has 0 bridgehead atoms. The van der Waals surface area contributed by atoms with E-state index in [1.165, 1.54) is 11.3 Å². The van der Waals surface area contributed by atoms with Crippen molar-refractivity contribution in [3.63, 3.8) is 0 Å². The number of nitrogens with zero attached hydrogens (tertiary/aromatic N) is 3. The Balaban J connectivity index is 1.37. The summed E-state index contributed by atoms with van der Waals surface area (Å²) in [4.78, 5) is 10.9. The van der Waals surface area contributed by atoms with Crippen LogP contribution in [0.5, 0.6) is 0 Å². The smallest absolute Gasteiger partial charge is 0.135 e. The highest BCUT2D eigenvalue weighted by molar-refractivity contribution is 5.62. The molecule has 4 rings (SSSR count). The van der Waals surface area contributed by atoms with Crippen LogP contribution < -0.4 is 15.5 Å².